The number of aromatic nitrogens is 3. The van der Waals surface area contributed by atoms with Crippen molar-refractivity contribution in [2.24, 2.45) is 0 Å². The van der Waals surface area contributed by atoms with Gasteiger partial charge in [-0.15, -0.1) is 11.8 Å². The molecule has 1 aromatic carbocycles. The largest absolute Gasteiger partial charge is 0.444 e. The van der Waals surface area contributed by atoms with Crippen molar-refractivity contribution in [2.45, 2.75) is 88.6 Å². The fraction of sp³-hybridized carbons (Fsp3) is 0.517. The molecule has 0 unspecified atom stereocenters. The van der Waals surface area contributed by atoms with Crippen LogP contribution >= 0.6 is 11.8 Å². The first-order valence-electron chi connectivity index (χ1n) is 13.7. The Balaban J connectivity index is 1.69. The molecule has 0 atom stereocenters. The van der Waals surface area contributed by atoms with Gasteiger partial charge in [-0.05, 0) is 66.0 Å². The van der Waals surface area contributed by atoms with Crippen molar-refractivity contribution in [1.29, 1.82) is 0 Å². The lowest BCUT2D eigenvalue weighted by Crippen LogP contribution is -2.42. The van der Waals surface area contributed by atoms with Gasteiger partial charge in [0.15, 0.2) is 11.3 Å². The molecule has 1 fully saturated rings. The van der Waals surface area contributed by atoms with E-state index in [0.29, 0.717) is 31.0 Å². The summed E-state index contributed by atoms with van der Waals surface area (Å²) < 4.78 is 53.8. The van der Waals surface area contributed by atoms with Crippen LogP contribution in [0.3, 0.4) is 0 Å². The molecule has 0 saturated carbocycles. The highest BCUT2D eigenvalue weighted by Gasteiger charge is 2.37. The van der Waals surface area contributed by atoms with Gasteiger partial charge >= 0.3 is 18.4 Å². The summed E-state index contributed by atoms with van der Waals surface area (Å²) in [4.78, 5) is 32.9. The average molecular weight is 608 g/mol. The molecular formula is C29H36F3N5O4S. The first-order chi connectivity index (χ1) is 19.5. The predicted molar refractivity (Wildman–Crippen MR) is 154 cm³/mol. The fourth-order valence-corrected chi connectivity index (χ4v) is 5.46. The molecular weight excluding hydrogens is 571 g/mol. The number of anilines is 1. The van der Waals surface area contributed by atoms with Gasteiger partial charge in [0.1, 0.15) is 16.2 Å². The van der Waals surface area contributed by atoms with E-state index in [1.54, 1.807) is 52.5 Å². The minimum absolute atomic E-state index is 0.0246. The normalized spacial score (nSPS) is 15.1. The Bertz CT molecular complexity index is 1410. The van der Waals surface area contributed by atoms with Crippen molar-refractivity contribution >= 4 is 35.3 Å². The maximum absolute atomic E-state index is 14.0. The van der Waals surface area contributed by atoms with Crippen LogP contribution in [0.15, 0.2) is 47.6 Å². The molecule has 0 radical (unpaired) electrons. The van der Waals surface area contributed by atoms with Crippen molar-refractivity contribution in [2.75, 3.05) is 18.0 Å². The van der Waals surface area contributed by atoms with Gasteiger partial charge in [-0.3, -0.25) is 4.90 Å². The smallest absolute Gasteiger partial charge is 0.435 e. The molecule has 1 saturated heterocycles. The number of nitrogens with zero attached hydrogens (tertiary/aromatic N) is 5. The number of hydrogen-bond donors (Lipinski definition) is 0. The van der Waals surface area contributed by atoms with Gasteiger partial charge < -0.3 is 14.4 Å². The summed E-state index contributed by atoms with van der Waals surface area (Å²) in [5.74, 6) is 0. The van der Waals surface area contributed by atoms with Crippen LogP contribution in [0, 0.1) is 0 Å². The third kappa shape index (κ3) is 8.08. The molecule has 0 aliphatic carbocycles. The van der Waals surface area contributed by atoms with Crippen molar-refractivity contribution < 1.29 is 32.2 Å². The summed E-state index contributed by atoms with van der Waals surface area (Å²) in [6, 6.07) is 10.7. The number of thioether (sulfide) groups is 1. The van der Waals surface area contributed by atoms with Crippen LogP contribution in [-0.4, -0.2) is 61.2 Å². The van der Waals surface area contributed by atoms with Crippen LogP contribution in [0.5, 0.6) is 0 Å². The highest BCUT2D eigenvalue weighted by atomic mass is 32.2. The lowest BCUT2D eigenvalue weighted by atomic mass is 10.1. The number of likely N-dealkylation sites (tertiary alicyclic amines) is 1. The number of amides is 2. The van der Waals surface area contributed by atoms with E-state index in [1.165, 1.54) is 16.7 Å². The van der Waals surface area contributed by atoms with E-state index in [2.05, 4.69) is 10.1 Å². The van der Waals surface area contributed by atoms with Crippen molar-refractivity contribution in [1.82, 2.24) is 19.5 Å². The molecule has 0 bridgehead atoms. The molecule has 13 heteroatoms. The summed E-state index contributed by atoms with van der Waals surface area (Å²) in [6.07, 6.45) is -3.94. The van der Waals surface area contributed by atoms with E-state index in [0.717, 1.165) is 16.3 Å². The monoisotopic (exact) mass is 607 g/mol. The highest BCUT2D eigenvalue weighted by Crippen LogP contribution is 2.37. The molecule has 3 heterocycles. The number of piperidine rings is 1. The van der Waals surface area contributed by atoms with Gasteiger partial charge in [0, 0.05) is 18.3 Å². The van der Waals surface area contributed by atoms with E-state index in [1.807, 2.05) is 30.3 Å². The Morgan fingerprint density at radius 3 is 2.19 bits per heavy atom. The van der Waals surface area contributed by atoms with Gasteiger partial charge in [0.2, 0.25) is 0 Å². The van der Waals surface area contributed by atoms with Gasteiger partial charge in [-0.2, -0.15) is 18.3 Å². The Hall–Kier alpha value is -3.48. The fourth-order valence-electron chi connectivity index (χ4n) is 4.36. The van der Waals surface area contributed by atoms with E-state index in [9.17, 15) is 22.8 Å². The van der Waals surface area contributed by atoms with Crippen molar-refractivity contribution in [3.05, 3.63) is 53.9 Å². The first kappa shape index (κ1) is 31.5. The zero-order valence-electron chi connectivity index (χ0n) is 24.6. The second-order valence-corrected chi connectivity index (χ2v) is 13.4. The number of imidazole rings is 1. The number of alkyl halides is 3. The number of halogens is 3. The Morgan fingerprint density at radius 1 is 1.00 bits per heavy atom. The zero-order valence-corrected chi connectivity index (χ0v) is 25.4. The molecule has 42 heavy (non-hydrogen) atoms. The summed E-state index contributed by atoms with van der Waals surface area (Å²) >= 11 is 1.31. The molecule has 0 spiro atoms. The van der Waals surface area contributed by atoms with E-state index in [-0.39, 0.29) is 23.1 Å². The topological polar surface area (TPSA) is 89.3 Å². The number of ether oxygens (including phenoxy) is 2. The van der Waals surface area contributed by atoms with E-state index >= 15 is 0 Å². The standard InChI is InChI=1S/C29H36F3N5O4S/c1-27(2,3)40-25(38)35-14-12-20(13-15-35)42-23-16-21(24-33-17-22(29(30,31)32)37(24)34-23)36(26(39)41-28(4,5)6)18-19-10-8-7-9-11-19/h7-11,16-17,20H,12-15,18H2,1-6H3. The van der Waals surface area contributed by atoms with E-state index in [4.69, 9.17) is 9.47 Å². The van der Waals surface area contributed by atoms with Crippen LogP contribution in [0.25, 0.3) is 5.65 Å². The second kappa shape index (κ2) is 12.0. The minimum atomic E-state index is -4.72. The third-order valence-electron chi connectivity index (χ3n) is 6.19. The molecule has 3 aromatic rings. The Morgan fingerprint density at radius 2 is 1.62 bits per heavy atom. The number of carbonyl (C=O) groups is 2. The van der Waals surface area contributed by atoms with Gasteiger partial charge in [-0.1, -0.05) is 30.3 Å². The number of fused-ring (bicyclic) bond motifs is 1. The van der Waals surface area contributed by atoms with Crippen LogP contribution in [-0.2, 0) is 22.2 Å². The molecule has 228 valence electrons. The molecule has 2 amide bonds. The maximum atomic E-state index is 14.0. The third-order valence-corrected chi connectivity index (χ3v) is 7.43. The predicted octanol–water partition coefficient (Wildman–Crippen LogP) is 7.18. The minimum Gasteiger partial charge on any atom is -0.444 e. The van der Waals surface area contributed by atoms with Crippen LogP contribution in [0.4, 0.5) is 28.4 Å². The lowest BCUT2D eigenvalue weighted by molar-refractivity contribution is -0.142. The summed E-state index contributed by atoms with van der Waals surface area (Å²) in [7, 11) is 0. The van der Waals surface area contributed by atoms with Crippen molar-refractivity contribution in [3.63, 3.8) is 0 Å². The number of carbonyl (C=O) groups excluding carboxylic acids is 2. The molecule has 2 aromatic heterocycles. The number of hydrogen-bond acceptors (Lipinski definition) is 7. The molecule has 4 rings (SSSR count). The number of rotatable bonds is 5. The lowest BCUT2D eigenvalue weighted by Gasteiger charge is -2.33. The quantitative estimate of drug-likeness (QED) is 0.304. The average Bonchev–Trinajstić information content (AvgIpc) is 3.31. The first-order valence-corrected chi connectivity index (χ1v) is 14.5. The Labute approximate surface area is 247 Å². The molecule has 1 aliphatic rings. The molecule has 1 aliphatic heterocycles. The SMILES string of the molecule is CC(C)(C)OC(=O)N1CCC(Sc2cc(N(Cc3ccccc3)C(=O)OC(C)(C)C)c3ncc(C(F)(F)F)n3n2)CC1. The van der Waals surface area contributed by atoms with Gasteiger partial charge in [0.05, 0.1) is 18.4 Å². The summed E-state index contributed by atoms with van der Waals surface area (Å²) in [6.45, 7) is 11.5. The van der Waals surface area contributed by atoms with Gasteiger partial charge in [0.25, 0.3) is 0 Å². The van der Waals surface area contributed by atoms with Gasteiger partial charge in [-0.25, -0.2) is 19.1 Å². The summed E-state index contributed by atoms with van der Waals surface area (Å²) in [5.41, 5.74) is -1.73. The van der Waals surface area contributed by atoms with Crippen LogP contribution in [0.1, 0.15) is 65.6 Å². The van der Waals surface area contributed by atoms with Crippen LogP contribution in [0.2, 0.25) is 0 Å². The molecule has 9 nitrogen and oxygen atoms in total. The Kier molecular flexibility index (Phi) is 9.00. The molecule has 0 N–H and O–H groups in total. The van der Waals surface area contributed by atoms with E-state index < -0.39 is 35.3 Å². The highest BCUT2D eigenvalue weighted by molar-refractivity contribution is 7.99. The second-order valence-electron chi connectivity index (χ2n) is 12.1. The zero-order chi connectivity index (χ0) is 30.9. The summed E-state index contributed by atoms with van der Waals surface area (Å²) in [5, 5.41) is 4.56. The van der Waals surface area contributed by atoms with Crippen LogP contribution < -0.4 is 4.90 Å². The van der Waals surface area contributed by atoms with Crippen molar-refractivity contribution in [3.8, 4) is 0 Å². The number of benzene rings is 1. The maximum Gasteiger partial charge on any atom is 0.435 e.